The van der Waals surface area contributed by atoms with Gasteiger partial charge in [0.15, 0.2) is 9.84 Å². The average Bonchev–Trinajstić information content (AvgIpc) is 2.90. The van der Waals surface area contributed by atoms with Gasteiger partial charge in [-0.25, -0.2) is 8.42 Å². The van der Waals surface area contributed by atoms with E-state index in [4.69, 9.17) is 0 Å². The topological polar surface area (TPSA) is 86.7 Å². The number of amides is 1. The van der Waals surface area contributed by atoms with Gasteiger partial charge in [0.05, 0.1) is 16.8 Å². The lowest BCUT2D eigenvalue weighted by Crippen LogP contribution is -2.42. The molecule has 0 saturated heterocycles. The number of benzene rings is 2. The average molecular weight is 580 g/mol. The van der Waals surface area contributed by atoms with Crippen molar-refractivity contribution in [2.75, 3.05) is 35.4 Å². The van der Waals surface area contributed by atoms with E-state index in [1.54, 1.807) is 6.07 Å². The molecule has 1 heterocycles. The molecule has 0 spiro atoms. The number of unbranched alkanes of at least 4 members (excludes halogenated alkanes) is 1. The van der Waals surface area contributed by atoms with Gasteiger partial charge in [-0.1, -0.05) is 48.3 Å². The molecule has 1 aliphatic rings. The standard InChI is InChI=1S/C28H39BrN2O4S/c1-5-15-28(6-2)19-36(34,35)24-14-13-22(31(3)4)18-23(24)26(27(28)33)20-10-9-11-21(17-20)30-25(32)12-7-8-16-29/h9-11,13-14,17-18,26-27,33H,5-8,12,15-16,19H2,1-4H3,(H,30,32)/t26-,27-,28-/m1/s1. The molecule has 0 aromatic heterocycles. The summed E-state index contributed by atoms with van der Waals surface area (Å²) >= 11 is 3.39. The second kappa shape index (κ2) is 12.1. The third-order valence-corrected chi connectivity index (χ3v) is 9.93. The lowest BCUT2D eigenvalue weighted by molar-refractivity contribution is -0.116. The maximum Gasteiger partial charge on any atom is 0.224 e. The van der Waals surface area contributed by atoms with E-state index in [1.165, 1.54) is 0 Å². The summed E-state index contributed by atoms with van der Waals surface area (Å²) in [4.78, 5) is 14.7. The van der Waals surface area contributed by atoms with E-state index >= 15 is 0 Å². The Hall–Kier alpha value is -1.90. The van der Waals surface area contributed by atoms with Crippen molar-refractivity contribution < 1.29 is 18.3 Å². The Balaban J connectivity index is 2.16. The Bertz CT molecular complexity index is 1170. The van der Waals surface area contributed by atoms with Gasteiger partial charge in [-0.3, -0.25) is 4.79 Å². The Labute approximate surface area is 224 Å². The number of aliphatic hydroxyl groups is 1. The number of halogens is 1. The predicted octanol–water partition coefficient (Wildman–Crippen LogP) is 5.73. The van der Waals surface area contributed by atoms with Gasteiger partial charge < -0.3 is 15.3 Å². The van der Waals surface area contributed by atoms with Crippen molar-refractivity contribution in [3.8, 4) is 0 Å². The molecular formula is C28H39BrN2O4S. The number of sulfone groups is 1. The molecular weight excluding hydrogens is 540 g/mol. The largest absolute Gasteiger partial charge is 0.392 e. The van der Waals surface area contributed by atoms with Crippen LogP contribution in [-0.2, 0) is 14.6 Å². The number of alkyl halides is 1. The van der Waals surface area contributed by atoms with Crippen LogP contribution in [0.3, 0.4) is 0 Å². The minimum absolute atomic E-state index is 0.0544. The zero-order valence-electron chi connectivity index (χ0n) is 21.8. The van der Waals surface area contributed by atoms with Crippen LogP contribution in [0.5, 0.6) is 0 Å². The van der Waals surface area contributed by atoms with E-state index in [0.29, 0.717) is 30.5 Å². The van der Waals surface area contributed by atoms with Crippen molar-refractivity contribution >= 4 is 43.0 Å². The van der Waals surface area contributed by atoms with Gasteiger partial charge in [-0.2, -0.15) is 0 Å². The number of nitrogens with one attached hydrogen (secondary N) is 1. The molecule has 0 radical (unpaired) electrons. The fourth-order valence-electron chi connectivity index (χ4n) is 5.39. The lowest BCUT2D eigenvalue weighted by atomic mass is 9.69. The number of carbonyl (C=O) groups is 1. The van der Waals surface area contributed by atoms with E-state index in [0.717, 1.165) is 35.8 Å². The number of anilines is 2. The Morgan fingerprint density at radius 2 is 1.92 bits per heavy atom. The van der Waals surface area contributed by atoms with Crippen molar-refractivity contribution in [3.05, 3.63) is 53.6 Å². The summed E-state index contributed by atoms with van der Waals surface area (Å²) < 4.78 is 27.4. The van der Waals surface area contributed by atoms with Gasteiger partial charge >= 0.3 is 0 Å². The third-order valence-electron chi connectivity index (χ3n) is 7.37. The fourth-order valence-corrected chi connectivity index (χ4v) is 8.04. The van der Waals surface area contributed by atoms with Crippen molar-refractivity contribution in [2.45, 2.75) is 69.3 Å². The van der Waals surface area contributed by atoms with Crippen LogP contribution in [0.4, 0.5) is 11.4 Å². The minimum Gasteiger partial charge on any atom is -0.392 e. The van der Waals surface area contributed by atoms with Crippen LogP contribution in [0.15, 0.2) is 47.4 Å². The second-order valence-electron chi connectivity index (χ2n) is 10.1. The SMILES string of the molecule is CCC[C@]1(CC)CS(=O)(=O)c2ccc(N(C)C)cc2[C@@H](c2cccc(NC(=O)CCCCBr)c2)[C@H]1O. The first-order valence-corrected chi connectivity index (χ1v) is 15.5. The van der Waals surface area contributed by atoms with Gasteiger partial charge in [0.25, 0.3) is 0 Å². The second-order valence-corrected chi connectivity index (χ2v) is 12.8. The van der Waals surface area contributed by atoms with Gasteiger partial charge in [-0.05, 0) is 67.1 Å². The molecule has 2 N–H and O–H groups in total. The summed E-state index contributed by atoms with van der Waals surface area (Å²) in [6.45, 7) is 4.00. The molecule has 0 saturated carbocycles. The molecule has 8 heteroatoms. The molecule has 6 nitrogen and oxygen atoms in total. The van der Waals surface area contributed by atoms with Crippen molar-refractivity contribution in [2.24, 2.45) is 5.41 Å². The van der Waals surface area contributed by atoms with Crippen LogP contribution < -0.4 is 10.2 Å². The number of hydrogen-bond donors (Lipinski definition) is 2. The van der Waals surface area contributed by atoms with Crippen molar-refractivity contribution in [1.82, 2.24) is 0 Å². The molecule has 2 aromatic rings. The van der Waals surface area contributed by atoms with Gasteiger partial charge in [-0.15, -0.1) is 0 Å². The molecule has 0 bridgehead atoms. The molecule has 0 fully saturated rings. The molecule has 1 amide bonds. The van der Waals surface area contributed by atoms with Crippen LogP contribution in [0.25, 0.3) is 0 Å². The number of fused-ring (bicyclic) bond motifs is 1. The van der Waals surface area contributed by atoms with Crippen molar-refractivity contribution in [1.29, 1.82) is 0 Å². The van der Waals surface area contributed by atoms with E-state index in [2.05, 4.69) is 21.2 Å². The first kappa shape index (κ1) is 28.7. The summed E-state index contributed by atoms with van der Waals surface area (Å²) in [6, 6.07) is 12.9. The Morgan fingerprint density at radius 1 is 1.17 bits per heavy atom. The highest BCUT2D eigenvalue weighted by Gasteiger charge is 2.48. The van der Waals surface area contributed by atoms with Crippen LogP contribution in [0, 0.1) is 5.41 Å². The fraction of sp³-hybridized carbons (Fsp3) is 0.536. The Morgan fingerprint density at radius 3 is 2.56 bits per heavy atom. The highest BCUT2D eigenvalue weighted by Crippen LogP contribution is 2.49. The number of rotatable bonds is 10. The zero-order chi connectivity index (χ0) is 26.5. The molecule has 0 aliphatic carbocycles. The maximum absolute atomic E-state index is 13.7. The Kier molecular flexibility index (Phi) is 9.63. The number of aliphatic hydroxyl groups excluding tert-OH is 1. The number of nitrogens with zero attached hydrogens (tertiary/aromatic N) is 1. The first-order chi connectivity index (χ1) is 17.1. The zero-order valence-corrected chi connectivity index (χ0v) is 24.2. The van der Waals surface area contributed by atoms with Crippen LogP contribution in [0.1, 0.15) is 69.4 Å². The summed E-state index contributed by atoms with van der Waals surface area (Å²) in [7, 11) is 0.198. The van der Waals surface area contributed by atoms with Crippen molar-refractivity contribution in [3.63, 3.8) is 0 Å². The lowest BCUT2D eigenvalue weighted by Gasteiger charge is -2.39. The molecule has 2 aromatic carbocycles. The highest BCUT2D eigenvalue weighted by atomic mass is 79.9. The minimum atomic E-state index is -3.63. The third kappa shape index (κ3) is 6.14. The van der Waals surface area contributed by atoms with E-state index in [-0.39, 0.29) is 16.6 Å². The summed E-state index contributed by atoms with van der Waals surface area (Å²) in [6.07, 6.45) is 3.20. The molecule has 0 unspecified atom stereocenters. The smallest absolute Gasteiger partial charge is 0.224 e. The first-order valence-electron chi connectivity index (χ1n) is 12.8. The summed E-state index contributed by atoms with van der Waals surface area (Å²) in [5.41, 5.74) is 2.16. The molecule has 198 valence electrons. The van der Waals surface area contributed by atoms with Crippen LogP contribution in [-0.4, -0.2) is 50.7 Å². The van der Waals surface area contributed by atoms with E-state index < -0.39 is 27.3 Å². The molecule has 3 atom stereocenters. The maximum atomic E-state index is 13.7. The predicted molar refractivity (Wildman–Crippen MR) is 151 cm³/mol. The monoisotopic (exact) mass is 578 g/mol. The molecule has 1 aliphatic heterocycles. The van der Waals surface area contributed by atoms with Crippen LogP contribution in [0.2, 0.25) is 0 Å². The van der Waals surface area contributed by atoms with Gasteiger partial charge in [0.2, 0.25) is 5.91 Å². The quantitative estimate of drug-likeness (QED) is 0.277. The van der Waals surface area contributed by atoms with Gasteiger partial charge in [0.1, 0.15) is 0 Å². The highest BCUT2D eigenvalue weighted by molar-refractivity contribution is 9.09. The normalized spacial score (nSPS) is 22.9. The van der Waals surface area contributed by atoms with Crippen LogP contribution >= 0.6 is 15.9 Å². The summed E-state index contributed by atoms with van der Waals surface area (Å²) in [5.74, 6) is -0.685. The molecule has 36 heavy (non-hydrogen) atoms. The number of hydrogen-bond acceptors (Lipinski definition) is 5. The van der Waals surface area contributed by atoms with Gasteiger partial charge in [0, 0.05) is 48.6 Å². The van der Waals surface area contributed by atoms with E-state index in [1.807, 2.05) is 69.2 Å². The number of carbonyl (C=O) groups excluding carboxylic acids is 1. The molecule has 3 rings (SSSR count). The van der Waals surface area contributed by atoms with E-state index in [9.17, 15) is 18.3 Å². The summed E-state index contributed by atoms with van der Waals surface area (Å²) in [5, 5.41) is 15.8.